The normalized spacial score (nSPS) is 28.4. The van der Waals surface area contributed by atoms with Gasteiger partial charge < -0.3 is 31.4 Å². The molecule has 1 aliphatic carbocycles. The SMILES string of the molecule is NC1=N[C@@H](CNC(=O)c2cc(=O)[nH]c(=O)[nH]2)[C@@H]2[NH+]=C(N)N[C@@]23[C@H](O)C(NC(=O)c2cccc4c2CCCC4)CN13. The smallest absolute Gasteiger partial charge is 0.343 e. The first-order valence-electron chi connectivity index (χ1n) is 13.2. The number of rotatable bonds is 5. The lowest BCUT2D eigenvalue weighted by Crippen LogP contribution is -2.88. The molecule has 1 saturated heterocycles. The minimum Gasteiger partial charge on any atom is -0.385 e. The summed E-state index contributed by atoms with van der Waals surface area (Å²) in [5, 5.41) is 20.4. The number of nitrogens with two attached hydrogens (primary N) is 2. The number of aromatic amines is 2. The summed E-state index contributed by atoms with van der Waals surface area (Å²) in [6, 6.07) is 4.64. The van der Waals surface area contributed by atoms with Gasteiger partial charge in [0.05, 0.1) is 6.04 Å². The quantitative estimate of drug-likeness (QED) is 0.172. The van der Waals surface area contributed by atoms with Gasteiger partial charge in [0.15, 0.2) is 12.0 Å². The molecule has 2 aromatic rings. The number of aliphatic imine (C=N–C) groups is 1. The Morgan fingerprint density at radius 1 is 1.18 bits per heavy atom. The fourth-order valence-electron chi connectivity index (χ4n) is 6.41. The van der Waals surface area contributed by atoms with Crippen molar-refractivity contribution in [2.24, 2.45) is 16.5 Å². The molecule has 1 aromatic carbocycles. The summed E-state index contributed by atoms with van der Waals surface area (Å²) in [5.41, 5.74) is 12.3. The Balaban J connectivity index is 1.23. The molecular formula is C25H31N10O5+. The topological polar surface area (TPSA) is 238 Å². The van der Waals surface area contributed by atoms with E-state index in [0.717, 1.165) is 37.3 Å². The lowest BCUT2D eigenvalue weighted by atomic mass is 9.87. The number of hydrogen-bond acceptors (Lipinski definition) is 10. The number of aryl methyl sites for hydroxylation is 1. The van der Waals surface area contributed by atoms with Gasteiger partial charge in [0.1, 0.15) is 17.8 Å². The predicted octanol–water partition coefficient (Wildman–Crippen LogP) is -5.09. The van der Waals surface area contributed by atoms with Crippen molar-refractivity contribution in [2.75, 3.05) is 13.1 Å². The van der Waals surface area contributed by atoms with Crippen molar-refractivity contribution in [3.8, 4) is 0 Å². The Kier molecular flexibility index (Phi) is 6.09. The van der Waals surface area contributed by atoms with Crippen LogP contribution in [0, 0.1) is 0 Å². The fraction of sp³-hybridized carbons (Fsp3) is 0.440. The van der Waals surface area contributed by atoms with Crippen LogP contribution < -0.4 is 43.7 Å². The van der Waals surface area contributed by atoms with Gasteiger partial charge in [-0.05, 0) is 42.9 Å². The zero-order valence-corrected chi connectivity index (χ0v) is 21.5. The molecule has 1 aromatic heterocycles. The summed E-state index contributed by atoms with van der Waals surface area (Å²) < 4.78 is 0. The monoisotopic (exact) mass is 551 g/mol. The molecule has 11 N–H and O–H groups in total. The number of aliphatic hydroxyl groups excluding tert-OH is 1. The van der Waals surface area contributed by atoms with E-state index in [1.165, 1.54) is 5.56 Å². The predicted molar refractivity (Wildman–Crippen MR) is 142 cm³/mol. The summed E-state index contributed by atoms with van der Waals surface area (Å²) in [6.45, 7) is 0.110. The average Bonchev–Trinajstić information content (AvgIpc) is 3.42. The minimum absolute atomic E-state index is 0.0591. The van der Waals surface area contributed by atoms with Crippen LogP contribution in [0.2, 0.25) is 0 Å². The van der Waals surface area contributed by atoms with Crippen molar-refractivity contribution in [3.05, 3.63) is 67.5 Å². The highest BCUT2D eigenvalue weighted by Gasteiger charge is 2.68. The summed E-state index contributed by atoms with van der Waals surface area (Å²) >= 11 is 0. The first-order valence-corrected chi connectivity index (χ1v) is 13.2. The Hall–Kier alpha value is -4.66. The van der Waals surface area contributed by atoms with Crippen molar-refractivity contribution in [3.63, 3.8) is 0 Å². The zero-order valence-electron chi connectivity index (χ0n) is 21.5. The molecule has 210 valence electrons. The van der Waals surface area contributed by atoms with E-state index in [1.807, 2.05) is 11.1 Å². The molecule has 0 saturated carbocycles. The molecule has 1 fully saturated rings. The highest BCUT2D eigenvalue weighted by atomic mass is 16.3. The van der Waals surface area contributed by atoms with Crippen molar-refractivity contribution in [1.29, 1.82) is 0 Å². The number of benzene rings is 1. The van der Waals surface area contributed by atoms with Crippen molar-refractivity contribution in [1.82, 2.24) is 30.8 Å². The molecule has 2 amide bonds. The van der Waals surface area contributed by atoms with Gasteiger partial charge in [-0.15, -0.1) is 0 Å². The number of aromatic nitrogens is 2. The number of guanidine groups is 2. The molecule has 3 aliphatic heterocycles. The van der Waals surface area contributed by atoms with Crippen LogP contribution in [0.25, 0.3) is 0 Å². The molecule has 15 nitrogen and oxygen atoms in total. The second kappa shape index (κ2) is 9.51. The van der Waals surface area contributed by atoms with Gasteiger partial charge in [0.25, 0.3) is 17.4 Å². The van der Waals surface area contributed by atoms with Crippen LogP contribution in [0.15, 0.2) is 38.8 Å². The van der Waals surface area contributed by atoms with Gasteiger partial charge in [-0.3, -0.25) is 30.1 Å². The molecule has 4 heterocycles. The molecule has 1 spiro atoms. The number of amides is 2. The van der Waals surface area contributed by atoms with Gasteiger partial charge in [-0.2, -0.15) is 0 Å². The lowest BCUT2D eigenvalue weighted by molar-refractivity contribution is -0.513. The number of H-pyrrole nitrogens is 2. The van der Waals surface area contributed by atoms with Gasteiger partial charge in [-0.25, -0.2) is 15.1 Å². The first kappa shape index (κ1) is 25.6. The van der Waals surface area contributed by atoms with E-state index in [9.17, 15) is 24.3 Å². The molecule has 5 atom stereocenters. The van der Waals surface area contributed by atoms with Crippen LogP contribution in [0.4, 0.5) is 0 Å². The summed E-state index contributed by atoms with van der Waals surface area (Å²) in [5.74, 6) is -0.695. The van der Waals surface area contributed by atoms with E-state index in [2.05, 4.69) is 37.0 Å². The minimum atomic E-state index is -1.25. The van der Waals surface area contributed by atoms with Crippen LogP contribution in [-0.4, -0.2) is 86.7 Å². The molecular weight excluding hydrogens is 520 g/mol. The number of carbonyl (C=O) groups is 2. The first-order chi connectivity index (χ1) is 19.2. The maximum Gasteiger partial charge on any atom is 0.343 e. The number of nitrogens with one attached hydrogen (secondary N) is 6. The molecule has 40 heavy (non-hydrogen) atoms. The van der Waals surface area contributed by atoms with E-state index in [-0.39, 0.29) is 36.6 Å². The van der Waals surface area contributed by atoms with Crippen LogP contribution in [0.3, 0.4) is 0 Å². The zero-order chi connectivity index (χ0) is 28.2. The molecule has 6 rings (SSSR count). The van der Waals surface area contributed by atoms with E-state index in [1.54, 1.807) is 11.0 Å². The van der Waals surface area contributed by atoms with Crippen molar-refractivity contribution >= 4 is 23.7 Å². The van der Waals surface area contributed by atoms with Gasteiger partial charge in [0, 0.05) is 24.7 Å². The highest BCUT2D eigenvalue weighted by Crippen LogP contribution is 2.35. The molecule has 4 aliphatic rings. The van der Waals surface area contributed by atoms with Crippen LogP contribution in [0.1, 0.15) is 44.8 Å². The number of aliphatic hydroxyl groups is 1. The third-order valence-electron chi connectivity index (χ3n) is 8.17. The van der Waals surface area contributed by atoms with E-state index < -0.39 is 47.0 Å². The maximum atomic E-state index is 13.4. The summed E-state index contributed by atoms with van der Waals surface area (Å²) in [6.07, 6.45) is 2.73. The molecule has 0 bridgehead atoms. The summed E-state index contributed by atoms with van der Waals surface area (Å²) in [7, 11) is 0. The Morgan fingerprint density at radius 3 is 2.77 bits per heavy atom. The van der Waals surface area contributed by atoms with Crippen molar-refractivity contribution in [2.45, 2.75) is 55.6 Å². The van der Waals surface area contributed by atoms with E-state index >= 15 is 0 Å². The third-order valence-corrected chi connectivity index (χ3v) is 8.17. The molecule has 15 heteroatoms. The van der Waals surface area contributed by atoms with Crippen LogP contribution in [0.5, 0.6) is 0 Å². The standard InChI is InChI=1S/C25H30N10O5/c26-22-33-18-15(9-28-21(39)14-8-17(36)32-24(40)31-14)30-23(27)35-10-16(19(37)25(18,35)34-22)29-20(38)13-7-3-5-11-4-1-2-6-12(11)13/h3,5,7-8,15-16,18-19,37H,1-2,4,6,9-10H2,(H2,27,30)(H,28,39)(H,29,38)(H3,26,33,34)(H2,31,32,36,40)/p+1/t15-,16?,18-,19+,25-/m0/s1. The Morgan fingerprint density at radius 2 is 1.98 bits per heavy atom. The van der Waals surface area contributed by atoms with E-state index in [4.69, 9.17) is 11.5 Å². The fourth-order valence-corrected chi connectivity index (χ4v) is 6.41. The molecule has 0 radical (unpaired) electrons. The summed E-state index contributed by atoms with van der Waals surface area (Å²) in [4.78, 5) is 62.8. The number of carbonyl (C=O) groups excluding carboxylic acids is 2. The second-order valence-corrected chi connectivity index (χ2v) is 10.5. The Labute approximate surface area is 227 Å². The maximum absolute atomic E-state index is 13.4. The van der Waals surface area contributed by atoms with E-state index in [0.29, 0.717) is 5.56 Å². The number of hydrogen-bond donors (Lipinski definition) is 9. The van der Waals surface area contributed by atoms with Gasteiger partial charge in [0.2, 0.25) is 5.66 Å². The number of fused-ring (bicyclic) bond motifs is 1. The highest BCUT2D eigenvalue weighted by molar-refractivity contribution is 5.96. The lowest BCUT2D eigenvalue weighted by Gasteiger charge is -2.43. The number of nitrogens with zero attached hydrogens (tertiary/aromatic N) is 2. The third kappa shape index (κ3) is 4.09. The van der Waals surface area contributed by atoms with Gasteiger partial charge in [-0.1, -0.05) is 12.1 Å². The average molecular weight is 552 g/mol. The molecule has 1 unspecified atom stereocenters. The largest absolute Gasteiger partial charge is 0.385 e. The van der Waals surface area contributed by atoms with Crippen molar-refractivity contribution < 1.29 is 19.7 Å². The van der Waals surface area contributed by atoms with Crippen LogP contribution in [-0.2, 0) is 12.8 Å². The van der Waals surface area contributed by atoms with Crippen LogP contribution >= 0.6 is 0 Å². The Bertz CT molecular complexity index is 1540. The van der Waals surface area contributed by atoms with Gasteiger partial charge >= 0.3 is 11.6 Å². The second-order valence-electron chi connectivity index (χ2n) is 10.5.